The summed E-state index contributed by atoms with van der Waals surface area (Å²) in [5.74, 6) is 0.0289. The van der Waals surface area contributed by atoms with Crippen molar-refractivity contribution in [1.29, 1.82) is 0 Å². The number of nitrogens with two attached hydrogens (primary N) is 3. The topological polar surface area (TPSA) is 103 Å². The highest BCUT2D eigenvalue weighted by atomic mass is 127. The summed E-state index contributed by atoms with van der Waals surface area (Å²) in [6.45, 7) is 0.556. The van der Waals surface area contributed by atoms with E-state index in [9.17, 15) is 0 Å². The highest BCUT2D eigenvalue weighted by Gasteiger charge is 1.98. The van der Waals surface area contributed by atoms with E-state index >= 15 is 0 Å². The fourth-order valence-electron chi connectivity index (χ4n) is 1.16. The predicted octanol–water partition coefficient (Wildman–Crippen LogP) is 1.61. The standard InChI is InChI=1S/C10H13BrIN5.ClH/c11-7-2-1-6(5-8(7)12)3-4-16-10(15)17-9(13)14;/h1-2,5H,3-4H2,(H6,13,14,15,16,17);1H. The zero-order valence-corrected chi connectivity index (χ0v) is 14.0. The Labute approximate surface area is 134 Å². The van der Waals surface area contributed by atoms with Crippen LogP contribution in [0.1, 0.15) is 5.56 Å². The van der Waals surface area contributed by atoms with E-state index in [0.717, 1.165) is 10.9 Å². The molecule has 1 rings (SSSR count). The van der Waals surface area contributed by atoms with E-state index in [-0.39, 0.29) is 24.3 Å². The van der Waals surface area contributed by atoms with Gasteiger partial charge in [0, 0.05) is 14.6 Å². The Kier molecular flexibility index (Phi) is 8.29. The summed E-state index contributed by atoms with van der Waals surface area (Å²) < 4.78 is 2.26. The second kappa shape index (κ2) is 8.54. The normalized spacial score (nSPS) is 10.7. The second-order valence-electron chi connectivity index (χ2n) is 3.28. The number of guanidine groups is 2. The molecule has 0 heterocycles. The van der Waals surface area contributed by atoms with Crippen molar-refractivity contribution in [3.63, 3.8) is 0 Å². The van der Waals surface area contributed by atoms with Gasteiger partial charge in [0.15, 0.2) is 5.96 Å². The average Bonchev–Trinajstić information content (AvgIpc) is 2.22. The molecule has 0 amide bonds. The van der Waals surface area contributed by atoms with Crippen molar-refractivity contribution in [3.05, 3.63) is 31.8 Å². The summed E-state index contributed by atoms with van der Waals surface area (Å²) in [4.78, 5) is 7.68. The first kappa shape index (κ1) is 17.5. The van der Waals surface area contributed by atoms with E-state index in [1.54, 1.807) is 0 Å². The first-order chi connectivity index (χ1) is 7.99. The van der Waals surface area contributed by atoms with E-state index in [1.165, 1.54) is 9.13 Å². The van der Waals surface area contributed by atoms with Gasteiger partial charge >= 0.3 is 0 Å². The maximum absolute atomic E-state index is 5.49. The van der Waals surface area contributed by atoms with Gasteiger partial charge in [-0.05, 0) is 62.6 Å². The van der Waals surface area contributed by atoms with Gasteiger partial charge in [-0.3, -0.25) is 4.99 Å². The van der Waals surface area contributed by atoms with Crippen LogP contribution < -0.4 is 17.2 Å². The zero-order chi connectivity index (χ0) is 12.8. The SMILES string of the molecule is Cl.NC(N)=NC(N)=NCCc1ccc(Br)c(I)c1. The third-order valence-corrected chi connectivity index (χ3v) is 4.23. The molecule has 0 aliphatic carbocycles. The molecule has 0 saturated carbocycles. The minimum Gasteiger partial charge on any atom is -0.370 e. The van der Waals surface area contributed by atoms with Gasteiger partial charge in [-0.15, -0.1) is 12.4 Å². The lowest BCUT2D eigenvalue weighted by atomic mass is 10.2. The van der Waals surface area contributed by atoms with Crippen molar-refractivity contribution in [1.82, 2.24) is 0 Å². The molecule has 5 nitrogen and oxygen atoms in total. The smallest absolute Gasteiger partial charge is 0.218 e. The number of benzene rings is 1. The van der Waals surface area contributed by atoms with Gasteiger partial charge in [0.25, 0.3) is 0 Å². The summed E-state index contributed by atoms with van der Waals surface area (Å²) in [6, 6.07) is 6.15. The first-order valence-electron chi connectivity index (χ1n) is 4.82. The monoisotopic (exact) mass is 445 g/mol. The minimum atomic E-state index is -0.0792. The lowest BCUT2D eigenvalue weighted by Gasteiger charge is -2.01. The molecular weight excluding hydrogens is 432 g/mol. The van der Waals surface area contributed by atoms with Crippen molar-refractivity contribution in [2.24, 2.45) is 27.2 Å². The number of halogens is 3. The molecule has 1 aromatic carbocycles. The Morgan fingerprint density at radius 2 is 1.94 bits per heavy atom. The summed E-state index contributed by atoms with van der Waals surface area (Å²) >= 11 is 5.72. The maximum atomic E-state index is 5.49. The zero-order valence-electron chi connectivity index (χ0n) is 9.44. The van der Waals surface area contributed by atoms with Crippen LogP contribution in [0.2, 0.25) is 0 Å². The highest BCUT2D eigenvalue weighted by Crippen LogP contribution is 2.20. The van der Waals surface area contributed by atoms with Gasteiger partial charge in [-0.25, -0.2) is 0 Å². The molecule has 1 aromatic rings. The Balaban J connectivity index is 0.00000289. The van der Waals surface area contributed by atoms with Gasteiger partial charge in [0.1, 0.15) is 0 Å². The van der Waals surface area contributed by atoms with Gasteiger partial charge in [0.2, 0.25) is 5.96 Å². The average molecular weight is 447 g/mol. The summed E-state index contributed by atoms with van der Waals surface area (Å²) in [7, 11) is 0. The Morgan fingerprint density at radius 3 is 2.50 bits per heavy atom. The van der Waals surface area contributed by atoms with Gasteiger partial charge < -0.3 is 17.2 Å². The van der Waals surface area contributed by atoms with Crippen LogP contribution in [-0.2, 0) is 6.42 Å². The van der Waals surface area contributed by atoms with Gasteiger partial charge in [0.05, 0.1) is 0 Å². The van der Waals surface area contributed by atoms with Crippen LogP contribution in [0, 0.1) is 3.57 Å². The largest absolute Gasteiger partial charge is 0.370 e. The van der Waals surface area contributed by atoms with Crippen molar-refractivity contribution in [2.45, 2.75) is 6.42 Å². The Hall–Kier alpha value is -0.540. The molecule has 18 heavy (non-hydrogen) atoms. The lowest BCUT2D eigenvalue weighted by Crippen LogP contribution is -2.26. The molecule has 100 valence electrons. The van der Waals surface area contributed by atoms with Crippen LogP contribution in [0.15, 0.2) is 32.7 Å². The molecule has 0 aliphatic heterocycles. The van der Waals surface area contributed by atoms with Crippen LogP contribution in [-0.4, -0.2) is 18.5 Å². The molecule has 0 unspecified atom stereocenters. The van der Waals surface area contributed by atoms with Gasteiger partial charge in [-0.1, -0.05) is 6.07 Å². The number of aliphatic imine (C=N–C) groups is 2. The number of rotatable bonds is 3. The van der Waals surface area contributed by atoms with E-state index in [1.807, 2.05) is 12.1 Å². The van der Waals surface area contributed by atoms with Crippen LogP contribution in [0.3, 0.4) is 0 Å². The fourth-order valence-corrected chi connectivity index (χ4v) is 1.99. The van der Waals surface area contributed by atoms with Crippen LogP contribution >= 0.6 is 50.9 Å². The Morgan fingerprint density at radius 1 is 1.28 bits per heavy atom. The minimum absolute atomic E-state index is 0. The van der Waals surface area contributed by atoms with Crippen LogP contribution in [0.25, 0.3) is 0 Å². The molecule has 0 aromatic heterocycles. The predicted molar refractivity (Wildman–Crippen MR) is 90.1 cm³/mol. The van der Waals surface area contributed by atoms with Crippen LogP contribution in [0.4, 0.5) is 0 Å². The molecular formula is C10H14BrClIN5. The number of nitrogens with zero attached hydrogens (tertiary/aromatic N) is 2. The summed E-state index contributed by atoms with van der Waals surface area (Å²) in [5.41, 5.74) is 17.0. The molecule has 8 heteroatoms. The molecule has 0 aliphatic rings. The van der Waals surface area contributed by atoms with E-state index < -0.39 is 0 Å². The van der Waals surface area contributed by atoms with Crippen molar-refractivity contribution in [2.75, 3.05) is 6.54 Å². The molecule has 0 saturated heterocycles. The summed E-state index contributed by atoms with van der Waals surface area (Å²) in [5, 5.41) is 0. The molecule has 0 spiro atoms. The number of hydrogen-bond donors (Lipinski definition) is 3. The van der Waals surface area contributed by atoms with Gasteiger partial charge in [-0.2, -0.15) is 4.99 Å². The molecule has 0 fully saturated rings. The highest BCUT2D eigenvalue weighted by molar-refractivity contribution is 14.1. The van der Waals surface area contributed by atoms with Crippen molar-refractivity contribution < 1.29 is 0 Å². The second-order valence-corrected chi connectivity index (χ2v) is 5.29. The quantitative estimate of drug-likeness (QED) is 0.373. The third kappa shape index (κ3) is 6.41. The molecule has 6 N–H and O–H groups in total. The summed E-state index contributed by atoms with van der Waals surface area (Å²) in [6.07, 6.45) is 0.796. The number of hydrogen-bond acceptors (Lipinski definition) is 1. The van der Waals surface area contributed by atoms with Crippen LogP contribution in [0.5, 0.6) is 0 Å². The van der Waals surface area contributed by atoms with Crippen molar-refractivity contribution >= 4 is 62.8 Å². The molecule has 0 radical (unpaired) electrons. The molecule has 0 bridgehead atoms. The lowest BCUT2D eigenvalue weighted by molar-refractivity contribution is 0.960. The first-order valence-corrected chi connectivity index (χ1v) is 6.69. The fraction of sp³-hybridized carbons (Fsp3) is 0.200. The van der Waals surface area contributed by atoms with E-state index in [4.69, 9.17) is 17.2 Å². The maximum Gasteiger partial charge on any atom is 0.218 e. The Bertz CT molecular complexity index is 460. The molecule has 0 atom stereocenters. The van der Waals surface area contributed by atoms with E-state index in [2.05, 4.69) is 54.6 Å². The third-order valence-electron chi connectivity index (χ3n) is 1.90. The van der Waals surface area contributed by atoms with E-state index in [0.29, 0.717) is 6.54 Å². The van der Waals surface area contributed by atoms with Crippen molar-refractivity contribution in [3.8, 4) is 0 Å².